The summed E-state index contributed by atoms with van der Waals surface area (Å²) in [5.74, 6) is -0.523. The van der Waals surface area contributed by atoms with Crippen LogP contribution in [0.25, 0.3) is 11.0 Å². The lowest BCUT2D eigenvalue weighted by molar-refractivity contribution is 0.0698. The van der Waals surface area contributed by atoms with E-state index in [1.165, 1.54) is 25.0 Å². The first-order valence-corrected chi connectivity index (χ1v) is 9.07. The number of rotatable bonds is 6. The number of halogens is 1. The molecule has 1 fully saturated rings. The second-order valence-electron chi connectivity index (χ2n) is 6.49. The fourth-order valence-electron chi connectivity index (χ4n) is 3.16. The Morgan fingerprint density at radius 3 is 2.59 bits per heavy atom. The maximum atomic E-state index is 11.5. The average molecular weight is 384 g/mol. The molecule has 138 valence electrons. The molecule has 1 aliphatic rings. The molecule has 0 aliphatic carbocycles. The molecule has 2 aromatic heterocycles. The number of carboxylic acids is 1. The van der Waals surface area contributed by atoms with Crippen LogP contribution in [0.15, 0.2) is 42.9 Å². The zero-order chi connectivity index (χ0) is 18.8. The molecule has 0 saturated carbocycles. The molecule has 1 saturated heterocycles. The van der Waals surface area contributed by atoms with Crippen molar-refractivity contribution in [2.45, 2.75) is 12.5 Å². The van der Waals surface area contributed by atoms with Gasteiger partial charge in [-0.1, -0.05) is 23.7 Å². The second kappa shape index (κ2) is 7.46. The Hall–Kier alpha value is -2.77. The van der Waals surface area contributed by atoms with E-state index in [2.05, 4.69) is 25.2 Å². The first-order valence-electron chi connectivity index (χ1n) is 8.69. The zero-order valence-corrected chi connectivity index (χ0v) is 15.2. The minimum atomic E-state index is -1.04. The SMILES string of the molecule is O=C(O)c1ccnc2c(N[C@H](CN3CCC3)c3ccc(Cl)cc3)ncnc12. The number of likely N-dealkylation sites (tertiary alicyclic amines) is 1. The summed E-state index contributed by atoms with van der Waals surface area (Å²) in [6.07, 6.45) is 4.03. The monoisotopic (exact) mass is 383 g/mol. The van der Waals surface area contributed by atoms with Crippen LogP contribution in [0, 0.1) is 0 Å². The van der Waals surface area contributed by atoms with Crippen LogP contribution in [0.5, 0.6) is 0 Å². The number of nitrogens with zero attached hydrogens (tertiary/aromatic N) is 4. The van der Waals surface area contributed by atoms with Crippen molar-refractivity contribution in [3.8, 4) is 0 Å². The Labute approximate surface area is 161 Å². The van der Waals surface area contributed by atoms with Crippen LogP contribution in [0.4, 0.5) is 5.82 Å². The van der Waals surface area contributed by atoms with Crippen LogP contribution in [0.3, 0.4) is 0 Å². The van der Waals surface area contributed by atoms with Gasteiger partial charge in [-0.05, 0) is 43.3 Å². The Morgan fingerprint density at radius 2 is 1.93 bits per heavy atom. The number of hydrogen-bond acceptors (Lipinski definition) is 6. The van der Waals surface area contributed by atoms with Crippen molar-refractivity contribution < 1.29 is 9.90 Å². The number of nitrogens with one attached hydrogen (secondary N) is 1. The van der Waals surface area contributed by atoms with E-state index in [9.17, 15) is 9.90 Å². The van der Waals surface area contributed by atoms with Crippen molar-refractivity contribution in [2.24, 2.45) is 0 Å². The predicted molar refractivity (Wildman–Crippen MR) is 103 cm³/mol. The van der Waals surface area contributed by atoms with E-state index in [-0.39, 0.29) is 11.6 Å². The topological polar surface area (TPSA) is 91.2 Å². The second-order valence-corrected chi connectivity index (χ2v) is 6.92. The van der Waals surface area contributed by atoms with E-state index in [1.807, 2.05) is 24.3 Å². The molecule has 0 radical (unpaired) electrons. The molecule has 3 heterocycles. The highest BCUT2D eigenvalue weighted by Crippen LogP contribution is 2.27. The van der Waals surface area contributed by atoms with Crippen LogP contribution >= 0.6 is 11.6 Å². The molecule has 1 aromatic carbocycles. The predicted octanol–water partition coefficient (Wildman–Crippen LogP) is 3.24. The lowest BCUT2D eigenvalue weighted by atomic mass is 10.0. The highest BCUT2D eigenvalue weighted by Gasteiger charge is 2.22. The highest BCUT2D eigenvalue weighted by atomic mass is 35.5. The van der Waals surface area contributed by atoms with Gasteiger partial charge < -0.3 is 15.3 Å². The average Bonchev–Trinajstić information content (AvgIpc) is 2.64. The van der Waals surface area contributed by atoms with E-state index < -0.39 is 5.97 Å². The van der Waals surface area contributed by atoms with Gasteiger partial charge in [-0.3, -0.25) is 4.98 Å². The van der Waals surface area contributed by atoms with Gasteiger partial charge in [0.2, 0.25) is 0 Å². The van der Waals surface area contributed by atoms with E-state index in [4.69, 9.17) is 11.6 Å². The number of benzene rings is 1. The lowest BCUT2D eigenvalue weighted by Gasteiger charge is -2.34. The first kappa shape index (κ1) is 17.6. The third-order valence-electron chi connectivity index (χ3n) is 4.73. The van der Waals surface area contributed by atoms with E-state index in [0.29, 0.717) is 21.9 Å². The molecule has 8 heteroatoms. The Morgan fingerprint density at radius 1 is 1.15 bits per heavy atom. The van der Waals surface area contributed by atoms with E-state index >= 15 is 0 Å². The van der Waals surface area contributed by atoms with Gasteiger partial charge in [0.15, 0.2) is 5.82 Å². The molecular weight excluding hydrogens is 366 g/mol. The summed E-state index contributed by atoms with van der Waals surface area (Å²) in [7, 11) is 0. The Bertz CT molecular complexity index is 976. The smallest absolute Gasteiger partial charge is 0.338 e. The van der Waals surface area contributed by atoms with Gasteiger partial charge in [0.1, 0.15) is 17.4 Å². The van der Waals surface area contributed by atoms with Gasteiger partial charge in [-0.25, -0.2) is 14.8 Å². The van der Waals surface area contributed by atoms with Gasteiger partial charge in [0.05, 0.1) is 11.6 Å². The number of anilines is 1. The minimum Gasteiger partial charge on any atom is -0.478 e. The van der Waals surface area contributed by atoms with Crippen molar-refractivity contribution in [1.82, 2.24) is 19.9 Å². The van der Waals surface area contributed by atoms with Crippen LogP contribution < -0.4 is 5.32 Å². The summed E-state index contributed by atoms with van der Waals surface area (Å²) in [6, 6.07) is 9.11. The molecule has 0 amide bonds. The number of fused-ring (bicyclic) bond motifs is 1. The zero-order valence-electron chi connectivity index (χ0n) is 14.5. The summed E-state index contributed by atoms with van der Waals surface area (Å²) in [5, 5.41) is 13.5. The third-order valence-corrected chi connectivity index (χ3v) is 4.98. The molecule has 0 spiro atoms. The Kier molecular flexibility index (Phi) is 4.87. The van der Waals surface area contributed by atoms with Crippen LogP contribution in [0.1, 0.15) is 28.4 Å². The van der Waals surface area contributed by atoms with E-state index in [1.54, 1.807) is 0 Å². The van der Waals surface area contributed by atoms with Crippen molar-refractivity contribution in [2.75, 3.05) is 25.0 Å². The number of aromatic carboxylic acids is 1. The van der Waals surface area contributed by atoms with Gasteiger partial charge in [0, 0.05) is 17.8 Å². The largest absolute Gasteiger partial charge is 0.478 e. The standard InChI is InChI=1S/C19H18ClN5O2/c20-13-4-2-12(3-5-13)15(10-25-8-1-9-25)24-18-17-16(22-11-23-18)14(19(26)27)6-7-21-17/h2-7,11,15H,1,8-10H2,(H,26,27)(H,22,23,24)/t15-/m1/s1. The molecule has 1 aliphatic heterocycles. The molecule has 4 rings (SSSR count). The maximum absolute atomic E-state index is 11.5. The quantitative estimate of drug-likeness (QED) is 0.675. The summed E-state index contributed by atoms with van der Waals surface area (Å²) in [4.78, 5) is 26.6. The molecule has 7 nitrogen and oxygen atoms in total. The van der Waals surface area contributed by atoms with Gasteiger partial charge in [-0.15, -0.1) is 0 Å². The fourth-order valence-corrected chi connectivity index (χ4v) is 3.28. The summed E-state index contributed by atoms with van der Waals surface area (Å²) in [6.45, 7) is 2.95. The van der Waals surface area contributed by atoms with Crippen LogP contribution in [0.2, 0.25) is 5.02 Å². The number of pyridine rings is 1. The molecule has 1 atom stereocenters. The minimum absolute atomic E-state index is 0.0315. The number of hydrogen-bond donors (Lipinski definition) is 2. The van der Waals surface area contributed by atoms with Crippen molar-refractivity contribution >= 4 is 34.4 Å². The fraction of sp³-hybridized carbons (Fsp3) is 0.263. The lowest BCUT2D eigenvalue weighted by Crippen LogP contribution is -2.41. The molecule has 27 heavy (non-hydrogen) atoms. The summed E-state index contributed by atoms with van der Waals surface area (Å²) in [5.41, 5.74) is 1.95. The van der Waals surface area contributed by atoms with Crippen molar-refractivity contribution in [1.29, 1.82) is 0 Å². The molecule has 3 aromatic rings. The first-order chi connectivity index (χ1) is 13.1. The number of carboxylic acid groups (broad SMARTS) is 1. The number of aromatic nitrogens is 3. The Balaban J connectivity index is 1.71. The van der Waals surface area contributed by atoms with Gasteiger partial charge in [0.25, 0.3) is 0 Å². The third kappa shape index (κ3) is 3.70. The van der Waals surface area contributed by atoms with Gasteiger partial charge >= 0.3 is 5.97 Å². The van der Waals surface area contributed by atoms with E-state index in [0.717, 1.165) is 25.2 Å². The maximum Gasteiger partial charge on any atom is 0.338 e. The highest BCUT2D eigenvalue weighted by molar-refractivity contribution is 6.30. The van der Waals surface area contributed by atoms with Crippen molar-refractivity contribution in [3.63, 3.8) is 0 Å². The summed E-state index contributed by atoms with van der Waals surface area (Å²) < 4.78 is 0. The molecule has 2 N–H and O–H groups in total. The summed E-state index contributed by atoms with van der Waals surface area (Å²) >= 11 is 6.03. The van der Waals surface area contributed by atoms with Crippen LogP contribution in [-0.2, 0) is 0 Å². The van der Waals surface area contributed by atoms with Gasteiger partial charge in [-0.2, -0.15) is 0 Å². The molecule has 0 unspecified atom stereocenters. The number of carbonyl (C=O) groups is 1. The normalized spacial score (nSPS) is 15.3. The van der Waals surface area contributed by atoms with Crippen molar-refractivity contribution in [3.05, 3.63) is 59.0 Å². The molecular formula is C19H18ClN5O2. The molecule has 0 bridgehead atoms. The van der Waals surface area contributed by atoms with Crippen LogP contribution in [-0.4, -0.2) is 50.6 Å².